The van der Waals surface area contributed by atoms with Gasteiger partial charge in [-0.25, -0.2) is 4.21 Å². The molecule has 0 radical (unpaired) electrons. The molecule has 1 aliphatic heterocycles. The summed E-state index contributed by atoms with van der Waals surface area (Å²) in [6, 6.07) is 11.9. The van der Waals surface area contributed by atoms with Gasteiger partial charge in [0.05, 0.1) is 0 Å². The first-order valence-electron chi connectivity index (χ1n) is 8.02. The van der Waals surface area contributed by atoms with E-state index in [9.17, 15) is 29.2 Å². The zero-order valence-corrected chi connectivity index (χ0v) is 14.8. The molecule has 1 unspecified atom stereocenters. The number of phenols is 4. The zero-order valence-electron chi connectivity index (χ0n) is 14.0. The van der Waals surface area contributed by atoms with E-state index in [-0.39, 0.29) is 17.2 Å². The van der Waals surface area contributed by atoms with Crippen LogP contribution in [0.15, 0.2) is 48.5 Å². The third kappa shape index (κ3) is 2.77. The van der Waals surface area contributed by atoms with Gasteiger partial charge in [0.2, 0.25) is 11.5 Å². The smallest absolute Gasteiger partial charge is 0.201 e. The van der Waals surface area contributed by atoms with Crippen LogP contribution in [0.1, 0.15) is 22.6 Å². The molecule has 3 aromatic rings. The van der Waals surface area contributed by atoms with Gasteiger partial charge >= 0.3 is 0 Å². The highest BCUT2D eigenvalue weighted by molar-refractivity contribution is 7.74. The normalized spacial score (nSPS) is 13.9. The van der Waals surface area contributed by atoms with Crippen molar-refractivity contribution in [2.75, 3.05) is 0 Å². The summed E-state index contributed by atoms with van der Waals surface area (Å²) in [4.78, 5) is 0. The van der Waals surface area contributed by atoms with Crippen molar-refractivity contribution < 1.29 is 38.1 Å². The van der Waals surface area contributed by atoms with Crippen LogP contribution in [0, 0.1) is 0 Å². The summed E-state index contributed by atoms with van der Waals surface area (Å²) in [6.07, 6.45) is 0. The molecule has 4 N–H and O–H groups in total. The SMILES string of the molecule is O=S([O-])Oc1ccccc1C1c2ccc(O)c(O)c2Oc2c1ccc(O)c2O. The predicted molar refractivity (Wildman–Crippen MR) is 96.6 cm³/mol. The Bertz CT molecular complexity index is 1050. The van der Waals surface area contributed by atoms with Crippen LogP contribution in [-0.2, 0) is 11.4 Å². The average Bonchev–Trinajstić information content (AvgIpc) is 2.67. The molecule has 0 spiro atoms. The summed E-state index contributed by atoms with van der Waals surface area (Å²) in [6.45, 7) is 0. The number of aromatic hydroxyl groups is 4. The Hall–Kier alpha value is -3.43. The summed E-state index contributed by atoms with van der Waals surface area (Å²) in [5.74, 6) is -2.93. The van der Waals surface area contributed by atoms with Crippen molar-refractivity contribution in [3.63, 3.8) is 0 Å². The van der Waals surface area contributed by atoms with Crippen molar-refractivity contribution in [2.24, 2.45) is 0 Å². The van der Waals surface area contributed by atoms with Crippen LogP contribution >= 0.6 is 0 Å². The van der Waals surface area contributed by atoms with Crippen LogP contribution in [0.5, 0.6) is 40.2 Å². The molecule has 3 aromatic carbocycles. The lowest BCUT2D eigenvalue weighted by Gasteiger charge is -2.30. The molecule has 0 aliphatic carbocycles. The van der Waals surface area contributed by atoms with Crippen LogP contribution in [-0.4, -0.2) is 29.2 Å². The highest BCUT2D eigenvalue weighted by atomic mass is 32.2. The second-order valence-electron chi connectivity index (χ2n) is 6.06. The van der Waals surface area contributed by atoms with Gasteiger partial charge in [-0.15, -0.1) is 0 Å². The van der Waals surface area contributed by atoms with Crippen molar-refractivity contribution in [1.82, 2.24) is 0 Å². The molecule has 1 atom stereocenters. The monoisotopic (exact) mass is 401 g/mol. The summed E-state index contributed by atoms with van der Waals surface area (Å²) in [5, 5.41) is 40.2. The van der Waals surface area contributed by atoms with E-state index in [2.05, 4.69) is 0 Å². The maximum absolute atomic E-state index is 11.1. The third-order valence-corrected chi connectivity index (χ3v) is 4.81. The minimum Gasteiger partial charge on any atom is -0.740 e. The molecule has 144 valence electrons. The molecule has 1 heterocycles. The number of benzene rings is 3. The molecule has 9 heteroatoms. The summed E-state index contributed by atoms with van der Waals surface area (Å²) in [5.41, 5.74) is 1.22. The minimum absolute atomic E-state index is 0.0414. The van der Waals surface area contributed by atoms with Gasteiger partial charge in [-0.3, -0.25) is 0 Å². The largest absolute Gasteiger partial charge is 0.740 e. The average molecular weight is 401 g/mol. The molecular weight excluding hydrogens is 388 g/mol. The Morgan fingerprint density at radius 1 is 0.821 bits per heavy atom. The lowest BCUT2D eigenvalue weighted by atomic mass is 9.81. The van der Waals surface area contributed by atoms with Crippen molar-refractivity contribution >= 4 is 11.4 Å². The Morgan fingerprint density at radius 2 is 1.36 bits per heavy atom. The van der Waals surface area contributed by atoms with Gasteiger partial charge in [-0.1, -0.05) is 30.3 Å². The Morgan fingerprint density at radius 3 is 1.89 bits per heavy atom. The molecule has 1 aliphatic rings. The Labute approximate surface area is 161 Å². The van der Waals surface area contributed by atoms with Gasteiger partial charge < -0.3 is 33.9 Å². The topological polar surface area (TPSA) is 140 Å². The first-order valence-corrected chi connectivity index (χ1v) is 9.02. The molecule has 0 saturated carbocycles. The van der Waals surface area contributed by atoms with Gasteiger partial charge in [0.25, 0.3) is 0 Å². The lowest BCUT2D eigenvalue weighted by molar-refractivity contribution is 0.340. The van der Waals surface area contributed by atoms with Gasteiger partial charge in [0.15, 0.2) is 23.0 Å². The van der Waals surface area contributed by atoms with E-state index in [0.29, 0.717) is 16.7 Å². The number of hydrogen-bond acceptors (Lipinski definition) is 8. The van der Waals surface area contributed by atoms with E-state index in [1.54, 1.807) is 18.2 Å². The minimum atomic E-state index is -2.82. The molecule has 0 saturated heterocycles. The molecule has 0 fully saturated rings. The quantitative estimate of drug-likeness (QED) is 0.303. The van der Waals surface area contributed by atoms with Crippen molar-refractivity contribution in [3.8, 4) is 40.2 Å². The Kier molecular flexibility index (Phi) is 4.25. The number of ether oxygens (including phenoxy) is 1. The maximum Gasteiger partial charge on any atom is 0.201 e. The highest BCUT2D eigenvalue weighted by Gasteiger charge is 2.35. The predicted octanol–water partition coefficient (Wildman–Crippen LogP) is 2.97. The van der Waals surface area contributed by atoms with E-state index in [1.165, 1.54) is 30.3 Å². The van der Waals surface area contributed by atoms with Gasteiger partial charge in [-0.2, -0.15) is 0 Å². The second kappa shape index (κ2) is 6.63. The summed E-state index contributed by atoms with van der Waals surface area (Å²) >= 11 is -2.82. The summed E-state index contributed by atoms with van der Waals surface area (Å²) < 4.78 is 32.7. The molecule has 0 aromatic heterocycles. The van der Waals surface area contributed by atoms with E-state index in [0.717, 1.165) is 0 Å². The fraction of sp³-hybridized carbons (Fsp3) is 0.0526. The molecule has 4 rings (SSSR count). The van der Waals surface area contributed by atoms with E-state index in [1.807, 2.05) is 0 Å². The lowest BCUT2D eigenvalue weighted by Crippen LogP contribution is -2.13. The number of phenolic OH excluding ortho intramolecular Hbond substituents is 4. The van der Waals surface area contributed by atoms with E-state index >= 15 is 0 Å². The highest BCUT2D eigenvalue weighted by Crippen LogP contribution is 2.57. The first kappa shape index (κ1) is 18.0. The van der Waals surface area contributed by atoms with E-state index < -0.39 is 40.3 Å². The van der Waals surface area contributed by atoms with Gasteiger partial charge in [0.1, 0.15) is 17.1 Å². The molecule has 0 amide bonds. The van der Waals surface area contributed by atoms with Crippen LogP contribution in [0.2, 0.25) is 0 Å². The Balaban J connectivity index is 2.03. The fourth-order valence-electron chi connectivity index (χ4n) is 3.29. The third-order valence-electron chi connectivity index (χ3n) is 4.50. The maximum atomic E-state index is 11.1. The molecule has 0 bridgehead atoms. The molecular formula is C19H13O8S-. The summed E-state index contributed by atoms with van der Waals surface area (Å²) in [7, 11) is 0. The van der Waals surface area contributed by atoms with Crippen molar-refractivity contribution in [2.45, 2.75) is 5.92 Å². The van der Waals surface area contributed by atoms with Crippen molar-refractivity contribution in [3.05, 3.63) is 65.2 Å². The standard InChI is InChI=1S/C19H14O8S/c20-12-7-5-10-15(9-3-1-2-4-14(9)27-28(24)25)11-6-8-13(21)17(23)19(11)26-18(10)16(12)22/h1-8,15,20-23H,(H,24,25)/p-1. The first-order chi connectivity index (χ1) is 13.4. The van der Waals surface area contributed by atoms with E-state index in [4.69, 9.17) is 8.92 Å². The molecule has 8 nitrogen and oxygen atoms in total. The number of rotatable bonds is 3. The van der Waals surface area contributed by atoms with Crippen LogP contribution < -0.4 is 8.92 Å². The van der Waals surface area contributed by atoms with Gasteiger partial charge in [0, 0.05) is 22.6 Å². The number of para-hydroxylation sites is 1. The van der Waals surface area contributed by atoms with Crippen molar-refractivity contribution in [1.29, 1.82) is 0 Å². The van der Waals surface area contributed by atoms with Crippen LogP contribution in [0.3, 0.4) is 0 Å². The number of hydrogen-bond donors (Lipinski definition) is 4. The van der Waals surface area contributed by atoms with Crippen LogP contribution in [0.4, 0.5) is 0 Å². The molecule has 28 heavy (non-hydrogen) atoms. The van der Waals surface area contributed by atoms with Crippen LogP contribution in [0.25, 0.3) is 0 Å². The van der Waals surface area contributed by atoms with Gasteiger partial charge in [-0.05, 0) is 18.2 Å². The second-order valence-corrected chi connectivity index (χ2v) is 6.64. The number of fused-ring (bicyclic) bond motifs is 2. The fourth-order valence-corrected chi connectivity index (χ4v) is 3.59. The zero-order chi connectivity index (χ0) is 20.0.